The Morgan fingerprint density at radius 1 is 1.02 bits per heavy atom. The average molecular weight is 567 g/mol. The molecule has 220 valence electrons. The average Bonchev–Trinajstić information content (AvgIpc) is 2.98. The highest BCUT2D eigenvalue weighted by atomic mass is 16.5. The van der Waals surface area contributed by atoms with Gasteiger partial charge >= 0.3 is 12.0 Å². The predicted octanol–water partition coefficient (Wildman–Crippen LogP) is 3.07. The van der Waals surface area contributed by atoms with Crippen molar-refractivity contribution in [3.05, 3.63) is 64.9 Å². The molecule has 1 fully saturated rings. The Morgan fingerprint density at radius 2 is 1.78 bits per heavy atom. The fourth-order valence-electron chi connectivity index (χ4n) is 5.38. The summed E-state index contributed by atoms with van der Waals surface area (Å²) in [6.07, 6.45) is 0. The summed E-state index contributed by atoms with van der Waals surface area (Å²) in [5.74, 6) is 0.935. The molecular weight excluding hydrogens is 528 g/mol. The van der Waals surface area contributed by atoms with Crippen LogP contribution in [0.4, 0.5) is 4.79 Å². The summed E-state index contributed by atoms with van der Waals surface area (Å²) in [6, 6.07) is 11.2. The topological polar surface area (TPSA) is 110 Å². The quantitative estimate of drug-likeness (QED) is 0.462. The Balaban J connectivity index is 1.65. The maximum Gasteiger partial charge on any atom is 0.338 e. The molecule has 0 bridgehead atoms. The van der Waals surface area contributed by atoms with Crippen LogP contribution in [0.3, 0.4) is 0 Å². The number of nitrogens with zero attached hydrogens (tertiary/aromatic N) is 3. The zero-order chi connectivity index (χ0) is 29.7. The van der Waals surface area contributed by atoms with Gasteiger partial charge in [-0.05, 0) is 38.1 Å². The molecule has 11 nitrogen and oxygen atoms in total. The summed E-state index contributed by atoms with van der Waals surface area (Å²) in [6.45, 7) is 5.82. The summed E-state index contributed by atoms with van der Waals surface area (Å²) in [5.41, 5.74) is 2.00. The Hall–Kier alpha value is -4.25. The van der Waals surface area contributed by atoms with E-state index in [-0.39, 0.29) is 24.6 Å². The minimum Gasteiger partial charge on any atom is -0.497 e. The molecule has 11 heteroatoms. The number of esters is 1. The predicted molar refractivity (Wildman–Crippen MR) is 152 cm³/mol. The molecule has 1 N–H and O–H groups in total. The van der Waals surface area contributed by atoms with Crippen LogP contribution in [0, 0.1) is 0 Å². The van der Waals surface area contributed by atoms with Crippen molar-refractivity contribution < 1.29 is 33.3 Å². The Labute approximate surface area is 240 Å². The number of para-hydroxylation sites is 1. The smallest absolute Gasteiger partial charge is 0.338 e. The molecule has 1 saturated heterocycles. The highest BCUT2D eigenvalue weighted by molar-refractivity contribution is 5.96. The van der Waals surface area contributed by atoms with E-state index in [1.165, 1.54) is 19.1 Å². The van der Waals surface area contributed by atoms with E-state index in [9.17, 15) is 14.4 Å². The monoisotopic (exact) mass is 566 g/mol. The number of rotatable bonds is 9. The lowest BCUT2D eigenvalue weighted by Crippen LogP contribution is -2.56. The molecule has 0 aliphatic carbocycles. The van der Waals surface area contributed by atoms with Gasteiger partial charge in [-0.3, -0.25) is 14.6 Å². The third-order valence-electron chi connectivity index (χ3n) is 7.48. The molecule has 2 aromatic carbocycles. The second-order valence-corrected chi connectivity index (χ2v) is 9.92. The lowest BCUT2D eigenvalue weighted by Gasteiger charge is -2.42. The van der Waals surface area contributed by atoms with Crippen LogP contribution < -0.4 is 19.5 Å². The van der Waals surface area contributed by atoms with Crippen LogP contribution in [0.25, 0.3) is 0 Å². The van der Waals surface area contributed by atoms with Gasteiger partial charge in [0.25, 0.3) is 5.91 Å². The highest BCUT2D eigenvalue weighted by Gasteiger charge is 2.40. The zero-order valence-corrected chi connectivity index (χ0v) is 24.4. The zero-order valence-electron chi connectivity index (χ0n) is 24.4. The molecule has 4 rings (SSSR count). The lowest BCUT2D eigenvalue weighted by atomic mass is 9.93. The summed E-state index contributed by atoms with van der Waals surface area (Å²) in [4.78, 5) is 45.4. The number of nitrogens with one attached hydrogen (secondary N) is 1. The number of ether oxygens (including phenoxy) is 4. The van der Waals surface area contributed by atoms with Crippen LogP contribution in [0.1, 0.15) is 35.8 Å². The van der Waals surface area contributed by atoms with Crippen molar-refractivity contribution in [2.75, 3.05) is 61.2 Å². The normalized spacial score (nSPS) is 19.5. The third-order valence-corrected chi connectivity index (χ3v) is 7.48. The van der Waals surface area contributed by atoms with Gasteiger partial charge in [0.05, 0.1) is 39.6 Å². The van der Waals surface area contributed by atoms with Crippen LogP contribution in [0.5, 0.6) is 17.2 Å². The van der Waals surface area contributed by atoms with Crippen LogP contribution in [-0.2, 0) is 9.53 Å². The molecule has 2 atom stereocenters. The minimum absolute atomic E-state index is 0.0678. The Kier molecular flexibility index (Phi) is 9.38. The number of carbonyl (C=O) groups is 3. The van der Waals surface area contributed by atoms with Crippen LogP contribution in [0.2, 0.25) is 0 Å². The van der Waals surface area contributed by atoms with E-state index in [2.05, 4.69) is 10.2 Å². The van der Waals surface area contributed by atoms with E-state index in [1.54, 1.807) is 63.5 Å². The summed E-state index contributed by atoms with van der Waals surface area (Å²) in [7, 11) is 6.25. The molecule has 0 saturated carbocycles. The molecule has 2 aromatic rings. The van der Waals surface area contributed by atoms with E-state index in [0.717, 1.165) is 0 Å². The number of likely N-dealkylation sites (N-methyl/N-ethyl adjacent to an activating group) is 1. The lowest BCUT2D eigenvalue weighted by molar-refractivity contribution is -0.139. The second kappa shape index (κ2) is 12.9. The molecule has 0 aromatic heterocycles. The van der Waals surface area contributed by atoms with Crippen molar-refractivity contribution in [1.29, 1.82) is 0 Å². The molecule has 2 aliphatic heterocycles. The number of amides is 3. The molecular formula is C30H38N4O7. The van der Waals surface area contributed by atoms with Gasteiger partial charge < -0.3 is 29.2 Å². The standard InChI is InChI=1S/C30H38N4O7/c1-7-41-29(36)25-23(32(3)30(37)31-26(25)22-12-9-13-24(39-5)27(22)40-6)18-33-14-15-34(19(2)17-33)28(35)20-10-8-11-21(16-20)38-4/h8-13,16,19,26H,7,14-15,17-18H2,1-6H3,(H,31,37). The van der Waals surface area contributed by atoms with Crippen molar-refractivity contribution in [2.24, 2.45) is 0 Å². The number of carbonyl (C=O) groups excluding carboxylic acids is 3. The molecule has 2 aliphatic rings. The fourth-order valence-corrected chi connectivity index (χ4v) is 5.38. The van der Waals surface area contributed by atoms with Crippen LogP contribution >= 0.6 is 0 Å². The van der Waals surface area contributed by atoms with Crippen molar-refractivity contribution in [1.82, 2.24) is 20.0 Å². The van der Waals surface area contributed by atoms with Crippen LogP contribution in [-0.4, -0.2) is 99.8 Å². The van der Waals surface area contributed by atoms with E-state index in [0.29, 0.717) is 65.8 Å². The van der Waals surface area contributed by atoms with Crippen molar-refractivity contribution >= 4 is 17.9 Å². The molecule has 2 heterocycles. The number of hydrogen-bond donors (Lipinski definition) is 1. The SMILES string of the molecule is CCOC(=O)C1=C(CN2CCN(C(=O)c3cccc(OC)c3)C(C)C2)N(C)C(=O)NC1c1cccc(OC)c1OC. The summed E-state index contributed by atoms with van der Waals surface area (Å²) < 4.78 is 21.9. The molecule has 0 radical (unpaired) electrons. The second-order valence-electron chi connectivity index (χ2n) is 9.92. The van der Waals surface area contributed by atoms with Crippen molar-refractivity contribution in [3.63, 3.8) is 0 Å². The van der Waals surface area contributed by atoms with Gasteiger partial charge in [0.15, 0.2) is 11.5 Å². The summed E-state index contributed by atoms with van der Waals surface area (Å²) in [5, 5.41) is 2.93. The first-order chi connectivity index (χ1) is 19.7. The number of methoxy groups -OCH3 is 3. The molecule has 41 heavy (non-hydrogen) atoms. The first-order valence-electron chi connectivity index (χ1n) is 13.6. The molecule has 3 amide bonds. The van der Waals surface area contributed by atoms with Gasteiger partial charge in [0.2, 0.25) is 0 Å². The van der Waals surface area contributed by atoms with Gasteiger partial charge in [-0.15, -0.1) is 0 Å². The maximum atomic E-state index is 13.4. The van der Waals surface area contributed by atoms with Gasteiger partial charge in [-0.2, -0.15) is 0 Å². The van der Waals surface area contributed by atoms with Gasteiger partial charge in [0.1, 0.15) is 5.75 Å². The minimum atomic E-state index is -0.814. The summed E-state index contributed by atoms with van der Waals surface area (Å²) >= 11 is 0. The Bertz CT molecular complexity index is 1330. The van der Waals surface area contributed by atoms with E-state index < -0.39 is 12.0 Å². The van der Waals surface area contributed by atoms with Crippen molar-refractivity contribution in [3.8, 4) is 17.2 Å². The number of urea groups is 1. The number of piperazine rings is 1. The highest BCUT2D eigenvalue weighted by Crippen LogP contribution is 2.40. The van der Waals surface area contributed by atoms with E-state index >= 15 is 0 Å². The number of benzene rings is 2. The first-order valence-corrected chi connectivity index (χ1v) is 13.6. The molecule has 2 unspecified atom stereocenters. The van der Waals surface area contributed by atoms with Gasteiger partial charge in [-0.25, -0.2) is 9.59 Å². The van der Waals surface area contributed by atoms with Crippen molar-refractivity contribution in [2.45, 2.75) is 25.9 Å². The largest absolute Gasteiger partial charge is 0.497 e. The van der Waals surface area contributed by atoms with E-state index in [1.807, 2.05) is 11.8 Å². The van der Waals surface area contributed by atoms with Gasteiger partial charge in [0, 0.05) is 56.1 Å². The number of hydrogen-bond acceptors (Lipinski definition) is 8. The fraction of sp³-hybridized carbons (Fsp3) is 0.433. The van der Waals surface area contributed by atoms with Crippen LogP contribution in [0.15, 0.2) is 53.7 Å². The van der Waals surface area contributed by atoms with Gasteiger partial charge in [-0.1, -0.05) is 18.2 Å². The maximum absolute atomic E-state index is 13.4. The Morgan fingerprint density at radius 3 is 2.44 bits per heavy atom. The first kappa shape index (κ1) is 29.7. The molecule has 0 spiro atoms. The third kappa shape index (κ3) is 6.09. The van der Waals surface area contributed by atoms with E-state index in [4.69, 9.17) is 18.9 Å².